The molecule has 0 saturated carbocycles. The van der Waals surface area contributed by atoms with Crippen LogP contribution in [0.5, 0.6) is 5.88 Å². The molecule has 0 aliphatic carbocycles. The van der Waals surface area contributed by atoms with Crippen LogP contribution in [-0.2, 0) is 0 Å². The second kappa shape index (κ2) is 7.06. The molecular weight excluding hydrogens is 419 g/mol. The van der Waals surface area contributed by atoms with Crippen LogP contribution in [0.1, 0.15) is 22.7 Å². The number of fused-ring (bicyclic) bond motifs is 1. The van der Waals surface area contributed by atoms with Crippen molar-refractivity contribution in [1.29, 1.82) is 5.26 Å². The van der Waals surface area contributed by atoms with Gasteiger partial charge < -0.3 is 10.5 Å². The number of hydrogen-bond acceptors (Lipinski definition) is 4. The molecule has 5 nitrogen and oxygen atoms in total. The van der Waals surface area contributed by atoms with Crippen molar-refractivity contribution >= 4 is 34.8 Å². The fraction of sp³-hybridized carbons (Fsp3) is 0.100. The lowest BCUT2D eigenvalue weighted by Gasteiger charge is -2.26. The fourth-order valence-corrected chi connectivity index (χ4v) is 4.17. The Kier molecular flexibility index (Phi) is 4.72. The van der Waals surface area contributed by atoms with Gasteiger partial charge >= 0.3 is 0 Å². The number of aryl methyl sites for hydroxylation is 1. The van der Waals surface area contributed by atoms with Crippen LogP contribution in [0.25, 0.3) is 5.69 Å². The predicted molar refractivity (Wildman–Crippen MR) is 109 cm³/mol. The summed E-state index contributed by atoms with van der Waals surface area (Å²) in [7, 11) is 0. The highest BCUT2D eigenvalue weighted by atomic mass is 35.5. The second-order valence-electron chi connectivity index (χ2n) is 6.26. The van der Waals surface area contributed by atoms with Gasteiger partial charge in [0.25, 0.3) is 0 Å². The van der Waals surface area contributed by atoms with E-state index in [1.165, 1.54) is 0 Å². The number of nitriles is 1. The van der Waals surface area contributed by atoms with Gasteiger partial charge in [0.1, 0.15) is 11.6 Å². The van der Waals surface area contributed by atoms with Crippen molar-refractivity contribution < 1.29 is 4.74 Å². The predicted octanol–water partition coefficient (Wildman–Crippen LogP) is 5.36. The summed E-state index contributed by atoms with van der Waals surface area (Å²) in [5.74, 6) is -0.209. The highest BCUT2D eigenvalue weighted by Gasteiger charge is 2.38. The summed E-state index contributed by atoms with van der Waals surface area (Å²) in [6.07, 6.45) is 0. The first-order chi connectivity index (χ1) is 13.4. The highest BCUT2D eigenvalue weighted by Crippen LogP contribution is 2.48. The monoisotopic (exact) mass is 430 g/mol. The van der Waals surface area contributed by atoms with E-state index in [0.717, 1.165) is 0 Å². The van der Waals surface area contributed by atoms with Crippen LogP contribution in [0.2, 0.25) is 15.1 Å². The van der Waals surface area contributed by atoms with Crippen LogP contribution in [0.4, 0.5) is 0 Å². The molecule has 0 radical (unpaired) electrons. The Hall–Kier alpha value is -2.65. The number of ether oxygens (including phenoxy) is 1. The molecule has 0 bridgehead atoms. The Morgan fingerprint density at radius 1 is 1.11 bits per heavy atom. The van der Waals surface area contributed by atoms with Gasteiger partial charge in [0, 0.05) is 20.6 Å². The average molecular weight is 432 g/mol. The van der Waals surface area contributed by atoms with E-state index in [4.69, 9.17) is 45.3 Å². The molecule has 0 spiro atoms. The Bertz CT molecular complexity index is 1160. The molecule has 140 valence electrons. The number of rotatable bonds is 2. The zero-order valence-corrected chi connectivity index (χ0v) is 16.8. The maximum absolute atomic E-state index is 9.75. The summed E-state index contributed by atoms with van der Waals surface area (Å²) >= 11 is 19.0. The number of benzene rings is 2. The maximum atomic E-state index is 9.75. The minimum absolute atomic E-state index is 0.0147. The first-order valence-corrected chi connectivity index (χ1v) is 9.42. The minimum Gasteiger partial charge on any atom is -0.422 e. The molecule has 0 amide bonds. The number of allylic oxidation sites excluding steroid dienone is 1. The quantitative estimate of drug-likeness (QED) is 0.592. The van der Waals surface area contributed by atoms with Crippen molar-refractivity contribution in [1.82, 2.24) is 9.78 Å². The molecule has 2 N–H and O–H groups in total. The van der Waals surface area contributed by atoms with Crippen molar-refractivity contribution in [3.8, 4) is 17.6 Å². The van der Waals surface area contributed by atoms with Gasteiger partial charge in [-0.15, -0.1) is 0 Å². The van der Waals surface area contributed by atoms with Crippen LogP contribution in [0, 0.1) is 18.3 Å². The summed E-state index contributed by atoms with van der Waals surface area (Å²) in [6.45, 7) is 1.83. The first-order valence-electron chi connectivity index (χ1n) is 8.29. The van der Waals surface area contributed by atoms with Crippen LogP contribution in [0.3, 0.4) is 0 Å². The van der Waals surface area contributed by atoms with E-state index in [9.17, 15) is 5.26 Å². The molecule has 8 heteroatoms. The molecule has 2 heterocycles. The van der Waals surface area contributed by atoms with Gasteiger partial charge in [-0.05, 0) is 37.3 Å². The van der Waals surface area contributed by atoms with E-state index in [1.54, 1.807) is 35.0 Å². The van der Waals surface area contributed by atoms with Crippen molar-refractivity contribution in [2.45, 2.75) is 12.8 Å². The van der Waals surface area contributed by atoms with E-state index < -0.39 is 5.92 Å². The van der Waals surface area contributed by atoms with Gasteiger partial charge in [0.2, 0.25) is 11.8 Å². The lowest BCUT2D eigenvalue weighted by Crippen LogP contribution is -2.22. The summed E-state index contributed by atoms with van der Waals surface area (Å²) in [5, 5.41) is 15.8. The van der Waals surface area contributed by atoms with Gasteiger partial charge in [-0.1, -0.05) is 46.9 Å². The Morgan fingerprint density at radius 3 is 2.43 bits per heavy atom. The maximum Gasteiger partial charge on any atom is 0.229 e. The largest absolute Gasteiger partial charge is 0.422 e. The first kappa shape index (κ1) is 18.7. The molecule has 1 aliphatic heterocycles. The van der Waals surface area contributed by atoms with Gasteiger partial charge in [0.15, 0.2) is 0 Å². The van der Waals surface area contributed by atoms with Crippen molar-refractivity contribution in [2.75, 3.05) is 0 Å². The molecule has 2 aromatic carbocycles. The number of halogens is 3. The third kappa shape index (κ3) is 2.91. The molecule has 3 aromatic rings. The summed E-state index contributed by atoms with van der Waals surface area (Å²) in [6, 6.07) is 14.5. The third-order valence-corrected chi connectivity index (χ3v) is 5.47. The molecule has 0 fully saturated rings. The average Bonchev–Trinajstić information content (AvgIpc) is 2.97. The van der Waals surface area contributed by atoms with Crippen molar-refractivity contribution in [3.63, 3.8) is 0 Å². The number of nitrogens with zero attached hydrogens (tertiary/aromatic N) is 3. The van der Waals surface area contributed by atoms with E-state index in [0.29, 0.717) is 43.5 Å². The molecule has 1 aromatic heterocycles. The lowest BCUT2D eigenvalue weighted by molar-refractivity contribution is 0.367. The summed E-state index contributed by atoms with van der Waals surface area (Å²) in [5.41, 5.74) is 8.97. The molecule has 28 heavy (non-hydrogen) atoms. The highest BCUT2D eigenvalue weighted by molar-refractivity contribution is 6.36. The second-order valence-corrected chi connectivity index (χ2v) is 7.51. The van der Waals surface area contributed by atoms with E-state index >= 15 is 0 Å². The third-order valence-electron chi connectivity index (χ3n) is 4.57. The van der Waals surface area contributed by atoms with Gasteiger partial charge in [0.05, 0.1) is 22.9 Å². The summed E-state index contributed by atoms with van der Waals surface area (Å²) in [4.78, 5) is 0. The molecule has 0 unspecified atom stereocenters. The standard InChI is InChI=1S/C20H13Cl3N4O/c1-10-16-17(18-14(22)6-3-7-15(18)23)13(9-24)19(25)28-20(16)27(26-10)12-5-2-4-11(21)8-12/h2-8,17H,25H2,1H3/t17-/m0/s1. The summed E-state index contributed by atoms with van der Waals surface area (Å²) < 4.78 is 7.43. The lowest BCUT2D eigenvalue weighted by atomic mass is 9.84. The van der Waals surface area contributed by atoms with Gasteiger partial charge in [-0.2, -0.15) is 10.4 Å². The minimum atomic E-state index is -0.595. The number of nitrogens with two attached hydrogens (primary N) is 1. The van der Waals surface area contributed by atoms with E-state index in [2.05, 4.69) is 11.2 Å². The van der Waals surface area contributed by atoms with Crippen molar-refractivity contribution in [3.05, 3.63) is 85.8 Å². The van der Waals surface area contributed by atoms with Gasteiger partial charge in [-0.25, -0.2) is 4.68 Å². The normalized spacial score (nSPS) is 15.8. The van der Waals surface area contributed by atoms with Crippen molar-refractivity contribution in [2.24, 2.45) is 5.73 Å². The zero-order valence-electron chi connectivity index (χ0n) is 14.6. The van der Waals surface area contributed by atoms with Crippen LogP contribution < -0.4 is 10.5 Å². The zero-order chi connectivity index (χ0) is 20.0. The van der Waals surface area contributed by atoms with Gasteiger partial charge in [-0.3, -0.25) is 0 Å². The Balaban J connectivity index is 2.02. The Labute approximate surface area is 176 Å². The smallest absolute Gasteiger partial charge is 0.229 e. The molecule has 0 saturated heterocycles. The molecular formula is C20H13Cl3N4O. The molecule has 1 aliphatic rings. The van der Waals surface area contributed by atoms with E-state index in [1.807, 2.05) is 19.1 Å². The Morgan fingerprint density at radius 2 is 1.79 bits per heavy atom. The van der Waals surface area contributed by atoms with Crippen LogP contribution in [-0.4, -0.2) is 9.78 Å². The van der Waals surface area contributed by atoms with Crippen LogP contribution in [0.15, 0.2) is 53.9 Å². The van der Waals surface area contributed by atoms with E-state index in [-0.39, 0.29) is 11.5 Å². The number of hydrogen-bond donors (Lipinski definition) is 1. The molecule has 1 atom stereocenters. The van der Waals surface area contributed by atoms with Crippen LogP contribution >= 0.6 is 34.8 Å². The topological polar surface area (TPSA) is 76.9 Å². The molecule has 4 rings (SSSR count). The fourth-order valence-electron chi connectivity index (χ4n) is 3.37. The SMILES string of the molecule is Cc1nn(-c2cccc(Cl)c2)c2c1[C@@H](c1c(Cl)cccc1Cl)C(C#N)=C(N)O2. The number of aromatic nitrogens is 2.